The number of anilines is 1. The second-order valence-electron chi connectivity index (χ2n) is 7.72. The van der Waals surface area contributed by atoms with Crippen molar-refractivity contribution in [2.75, 3.05) is 5.32 Å². The molecule has 5 rings (SSSR count). The minimum Gasteiger partial charge on any atom is -0.507 e. The summed E-state index contributed by atoms with van der Waals surface area (Å²) in [5.41, 5.74) is 5.23. The third kappa shape index (κ3) is 5.08. The zero-order valence-corrected chi connectivity index (χ0v) is 20.6. The highest BCUT2D eigenvalue weighted by Gasteiger charge is 2.12. The fraction of sp³-hybridized carbons (Fsp3) is 0. The van der Waals surface area contributed by atoms with Gasteiger partial charge in [0, 0.05) is 16.8 Å². The van der Waals surface area contributed by atoms with Crippen LogP contribution in [0, 0.1) is 0 Å². The Morgan fingerprint density at radius 2 is 1.60 bits per heavy atom. The van der Waals surface area contributed by atoms with Gasteiger partial charge in [0.2, 0.25) is 5.89 Å². The molecule has 0 aliphatic carbocycles. The van der Waals surface area contributed by atoms with Crippen molar-refractivity contribution in [3.63, 3.8) is 0 Å². The largest absolute Gasteiger partial charge is 0.507 e. The molecule has 35 heavy (non-hydrogen) atoms. The molecular formula is C27H18BrN3O3S. The van der Waals surface area contributed by atoms with E-state index in [-0.39, 0.29) is 16.8 Å². The molecule has 0 saturated heterocycles. The molecule has 5 aromatic rings. The first-order valence-electron chi connectivity index (χ1n) is 10.6. The van der Waals surface area contributed by atoms with Crippen LogP contribution in [0.2, 0.25) is 0 Å². The van der Waals surface area contributed by atoms with E-state index in [1.807, 2.05) is 42.5 Å². The lowest BCUT2D eigenvalue weighted by molar-refractivity contribution is 0.0977. The number of nitrogens with zero attached hydrogens (tertiary/aromatic N) is 1. The maximum absolute atomic E-state index is 12.6. The summed E-state index contributed by atoms with van der Waals surface area (Å²) in [6.07, 6.45) is 0. The number of benzene rings is 4. The Labute approximate surface area is 214 Å². The van der Waals surface area contributed by atoms with Crippen LogP contribution in [0.25, 0.3) is 33.7 Å². The molecule has 0 fully saturated rings. The van der Waals surface area contributed by atoms with Gasteiger partial charge in [-0.15, -0.1) is 0 Å². The molecule has 8 heteroatoms. The van der Waals surface area contributed by atoms with Crippen LogP contribution < -0.4 is 10.6 Å². The van der Waals surface area contributed by atoms with E-state index in [2.05, 4.69) is 31.5 Å². The van der Waals surface area contributed by atoms with Gasteiger partial charge in [-0.05, 0) is 87.8 Å². The molecule has 0 atom stereocenters. The molecule has 0 bridgehead atoms. The first kappa shape index (κ1) is 22.8. The van der Waals surface area contributed by atoms with Crippen molar-refractivity contribution in [3.05, 3.63) is 101 Å². The lowest BCUT2D eigenvalue weighted by atomic mass is 10.0. The molecule has 1 amide bonds. The summed E-state index contributed by atoms with van der Waals surface area (Å²) in [6.45, 7) is 0. The highest BCUT2D eigenvalue weighted by atomic mass is 79.9. The van der Waals surface area contributed by atoms with Gasteiger partial charge in [-0.3, -0.25) is 10.1 Å². The zero-order valence-electron chi connectivity index (χ0n) is 18.2. The molecule has 4 aromatic carbocycles. The summed E-state index contributed by atoms with van der Waals surface area (Å²) >= 11 is 8.63. The monoisotopic (exact) mass is 543 g/mol. The molecule has 3 N–H and O–H groups in total. The Balaban J connectivity index is 1.26. The van der Waals surface area contributed by atoms with E-state index in [1.54, 1.807) is 48.5 Å². The van der Waals surface area contributed by atoms with Crippen molar-refractivity contribution >= 4 is 56.0 Å². The predicted octanol–water partition coefficient (Wildman–Crippen LogP) is 6.76. The topological polar surface area (TPSA) is 87.4 Å². The summed E-state index contributed by atoms with van der Waals surface area (Å²) in [5.74, 6) is 0.261. The number of hydrogen-bond donors (Lipinski definition) is 3. The minimum absolute atomic E-state index is 0.138. The van der Waals surface area contributed by atoms with Crippen LogP contribution in [0.15, 0.2) is 99.9 Å². The number of amides is 1. The number of hydrogen-bond acceptors (Lipinski definition) is 5. The first-order chi connectivity index (χ1) is 17.0. The van der Waals surface area contributed by atoms with Crippen molar-refractivity contribution < 1.29 is 14.3 Å². The van der Waals surface area contributed by atoms with E-state index < -0.39 is 0 Å². The van der Waals surface area contributed by atoms with Crippen LogP contribution in [-0.4, -0.2) is 21.1 Å². The third-order valence-corrected chi connectivity index (χ3v) is 6.16. The maximum Gasteiger partial charge on any atom is 0.257 e. The molecule has 1 aromatic heterocycles. The molecule has 0 saturated carbocycles. The number of phenols is 1. The van der Waals surface area contributed by atoms with Crippen LogP contribution in [0.3, 0.4) is 0 Å². The van der Waals surface area contributed by atoms with E-state index in [1.165, 1.54) is 0 Å². The number of phenolic OH excluding ortho intramolecular Hbond substituents is 1. The standard InChI is InChI=1S/C27H18BrN3O3S/c28-21-14-19(10-12-23(21)32)26-30-22-15-20(11-13-24(22)34-26)29-27(35)31-25(33)18-8-6-17(7-9-18)16-4-2-1-3-5-16/h1-15,32H,(H2,29,31,33,35). The van der Waals surface area contributed by atoms with Crippen molar-refractivity contribution in [3.8, 4) is 28.3 Å². The van der Waals surface area contributed by atoms with Gasteiger partial charge < -0.3 is 14.8 Å². The molecule has 0 spiro atoms. The number of fused-ring (bicyclic) bond motifs is 1. The quantitative estimate of drug-likeness (QED) is 0.217. The van der Waals surface area contributed by atoms with Gasteiger partial charge in [-0.1, -0.05) is 42.5 Å². The number of oxazole rings is 1. The van der Waals surface area contributed by atoms with Gasteiger partial charge in [0.15, 0.2) is 10.7 Å². The van der Waals surface area contributed by atoms with Crippen LogP contribution in [0.4, 0.5) is 5.69 Å². The lowest BCUT2D eigenvalue weighted by Gasteiger charge is -2.10. The Morgan fingerprint density at radius 1 is 0.886 bits per heavy atom. The second-order valence-corrected chi connectivity index (χ2v) is 8.98. The van der Waals surface area contributed by atoms with Crippen LogP contribution in [0.1, 0.15) is 10.4 Å². The smallest absolute Gasteiger partial charge is 0.257 e. The van der Waals surface area contributed by atoms with Crippen molar-refractivity contribution in [1.82, 2.24) is 10.3 Å². The first-order valence-corrected chi connectivity index (χ1v) is 11.8. The van der Waals surface area contributed by atoms with E-state index in [0.29, 0.717) is 32.7 Å². The van der Waals surface area contributed by atoms with Crippen molar-refractivity contribution in [2.24, 2.45) is 0 Å². The molecule has 172 valence electrons. The fourth-order valence-corrected chi connectivity index (χ4v) is 4.14. The molecular weight excluding hydrogens is 526 g/mol. The second kappa shape index (κ2) is 9.69. The zero-order chi connectivity index (χ0) is 24.4. The highest BCUT2D eigenvalue weighted by molar-refractivity contribution is 9.10. The molecule has 0 aliphatic heterocycles. The number of aromatic nitrogens is 1. The van der Waals surface area contributed by atoms with Gasteiger partial charge in [0.1, 0.15) is 11.3 Å². The Kier molecular flexibility index (Phi) is 6.31. The number of thiocarbonyl (C=S) groups is 1. The number of aromatic hydroxyl groups is 1. The Hall–Kier alpha value is -4.01. The van der Waals surface area contributed by atoms with Gasteiger partial charge >= 0.3 is 0 Å². The van der Waals surface area contributed by atoms with Gasteiger partial charge in [0.05, 0.1) is 4.47 Å². The number of carbonyl (C=O) groups excluding carboxylic acids is 1. The average Bonchev–Trinajstić information content (AvgIpc) is 3.30. The third-order valence-electron chi connectivity index (χ3n) is 5.32. The summed E-state index contributed by atoms with van der Waals surface area (Å²) in [5, 5.41) is 15.6. The summed E-state index contributed by atoms with van der Waals surface area (Å²) in [4.78, 5) is 17.2. The van der Waals surface area contributed by atoms with Gasteiger partial charge in [0.25, 0.3) is 5.91 Å². The van der Waals surface area contributed by atoms with E-state index in [4.69, 9.17) is 16.6 Å². The van der Waals surface area contributed by atoms with E-state index in [9.17, 15) is 9.90 Å². The average molecular weight is 544 g/mol. The molecule has 0 unspecified atom stereocenters. The number of halogens is 1. The van der Waals surface area contributed by atoms with E-state index in [0.717, 1.165) is 16.7 Å². The van der Waals surface area contributed by atoms with Crippen molar-refractivity contribution in [1.29, 1.82) is 0 Å². The summed E-state index contributed by atoms with van der Waals surface area (Å²) < 4.78 is 6.38. The molecule has 6 nitrogen and oxygen atoms in total. The SMILES string of the molecule is O=C(NC(=S)Nc1ccc2oc(-c3ccc(O)c(Br)c3)nc2c1)c1ccc(-c2ccccc2)cc1. The number of carbonyl (C=O) groups is 1. The Morgan fingerprint density at radius 3 is 2.34 bits per heavy atom. The minimum atomic E-state index is -0.301. The normalized spacial score (nSPS) is 10.8. The van der Waals surface area contributed by atoms with Gasteiger partial charge in [-0.25, -0.2) is 4.98 Å². The van der Waals surface area contributed by atoms with Crippen LogP contribution in [0.5, 0.6) is 5.75 Å². The van der Waals surface area contributed by atoms with Crippen molar-refractivity contribution in [2.45, 2.75) is 0 Å². The van der Waals surface area contributed by atoms with E-state index >= 15 is 0 Å². The maximum atomic E-state index is 12.6. The summed E-state index contributed by atoms with van der Waals surface area (Å²) in [7, 11) is 0. The molecule has 1 heterocycles. The number of nitrogens with one attached hydrogen (secondary N) is 2. The van der Waals surface area contributed by atoms with Crippen LogP contribution in [-0.2, 0) is 0 Å². The highest BCUT2D eigenvalue weighted by Crippen LogP contribution is 2.31. The molecule has 0 radical (unpaired) electrons. The van der Waals surface area contributed by atoms with Gasteiger partial charge in [-0.2, -0.15) is 0 Å². The Bertz CT molecular complexity index is 1550. The van der Waals surface area contributed by atoms with Crippen LogP contribution >= 0.6 is 28.1 Å². The fourth-order valence-electron chi connectivity index (χ4n) is 3.55. The lowest BCUT2D eigenvalue weighted by Crippen LogP contribution is -2.34. The molecule has 0 aliphatic rings. The number of rotatable bonds is 4. The summed E-state index contributed by atoms with van der Waals surface area (Å²) in [6, 6.07) is 27.7. The predicted molar refractivity (Wildman–Crippen MR) is 144 cm³/mol.